The highest BCUT2D eigenvalue weighted by atomic mass is 35.5. The predicted octanol–water partition coefficient (Wildman–Crippen LogP) is 5.84. The van der Waals surface area contributed by atoms with Crippen LogP contribution in [0.15, 0.2) is 42.5 Å². The Balaban J connectivity index is 1.37. The molecule has 1 saturated carbocycles. The number of halogens is 4. The predicted molar refractivity (Wildman–Crippen MR) is 146 cm³/mol. The Morgan fingerprint density at radius 3 is 2.27 bits per heavy atom. The monoisotopic (exact) mass is 580 g/mol. The van der Waals surface area contributed by atoms with Crippen molar-refractivity contribution in [3.05, 3.63) is 64.2 Å². The molecule has 0 unspecified atom stereocenters. The van der Waals surface area contributed by atoms with Gasteiger partial charge in [0.25, 0.3) is 17.4 Å². The second-order valence-electron chi connectivity index (χ2n) is 11.4. The summed E-state index contributed by atoms with van der Waals surface area (Å²) in [7, 11) is 4.68. The largest absolute Gasteiger partial charge is 0.497 e. The molecule has 1 saturated heterocycles. The van der Waals surface area contributed by atoms with E-state index in [0.29, 0.717) is 29.3 Å². The van der Waals surface area contributed by atoms with Crippen molar-refractivity contribution in [1.82, 2.24) is 9.80 Å². The van der Waals surface area contributed by atoms with E-state index in [4.69, 9.17) is 16.3 Å². The van der Waals surface area contributed by atoms with Gasteiger partial charge in [-0.15, -0.1) is 0 Å². The maximum atomic E-state index is 14.2. The van der Waals surface area contributed by atoms with Crippen molar-refractivity contribution < 1.29 is 32.6 Å². The highest BCUT2D eigenvalue weighted by molar-refractivity contribution is 6.33. The minimum absolute atomic E-state index is 0.0147. The molecule has 1 heterocycles. The third-order valence-corrected chi connectivity index (χ3v) is 8.99. The van der Waals surface area contributed by atoms with Gasteiger partial charge >= 0.3 is 6.18 Å². The lowest BCUT2D eigenvalue weighted by Crippen LogP contribution is -2.58. The van der Waals surface area contributed by atoms with Crippen LogP contribution in [0.2, 0.25) is 5.02 Å². The Morgan fingerprint density at radius 2 is 1.73 bits per heavy atom. The third kappa shape index (κ3) is 5.96. The van der Waals surface area contributed by atoms with Crippen LogP contribution in [0, 0.1) is 11.3 Å². The maximum absolute atomic E-state index is 14.2. The normalized spacial score (nSPS) is 19.2. The molecule has 10 heteroatoms. The van der Waals surface area contributed by atoms with Gasteiger partial charge in [-0.2, -0.15) is 13.2 Å². The van der Waals surface area contributed by atoms with E-state index in [0.717, 1.165) is 54.7 Å². The number of hydrogen-bond donors (Lipinski definition) is 1. The van der Waals surface area contributed by atoms with Crippen LogP contribution in [0.25, 0.3) is 0 Å². The Bertz CT molecular complexity index is 1230. The van der Waals surface area contributed by atoms with E-state index in [1.165, 1.54) is 24.1 Å². The first-order chi connectivity index (χ1) is 18.8. The van der Waals surface area contributed by atoms with E-state index in [1.54, 1.807) is 20.2 Å². The lowest BCUT2D eigenvalue weighted by molar-refractivity contribution is -0.262. The fourth-order valence-corrected chi connectivity index (χ4v) is 6.38. The van der Waals surface area contributed by atoms with Crippen LogP contribution in [-0.2, 0) is 16.8 Å². The quantitative estimate of drug-likeness (QED) is 0.466. The topological polar surface area (TPSA) is 70.1 Å². The van der Waals surface area contributed by atoms with Crippen molar-refractivity contribution >= 4 is 23.4 Å². The Morgan fingerprint density at radius 1 is 1.07 bits per heavy atom. The number of carbonyl (C=O) groups is 2. The first kappa shape index (κ1) is 30.2. The SMILES string of the molecule is COc1cccc([C@@](O)(C(=O)N2CCC3(CCC(Cc4ccc(C(=O)N(C)C)c(Cl)c4)CC3)CC2)C(F)(F)F)c1. The molecule has 1 atom stereocenters. The van der Waals surface area contributed by atoms with Crippen molar-refractivity contribution in [2.75, 3.05) is 34.3 Å². The molecule has 40 heavy (non-hydrogen) atoms. The zero-order valence-corrected chi connectivity index (χ0v) is 23.8. The molecule has 1 spiro atoms. The van der Waals surface area contributed by atoms with E-state index in [2.05, 4.69) is 0 Å². The summed E-state index contributed by atoms with van der Waals surface area (Å²) in [5.74, 6) is -0.911. The van der Waals surface area contributed by atoms with Crippen molar-refractivity contribution in [3.8, 4) is 5.75 Å². The molecule has 2 aliphatic rings. The zero-order chi connectivity index (χ0) is 29.3. The van der Waals surface area contributed by atoms with Gasteiger partial charge in [-0.25, -0.2) is 0 Å². The molecular weight excluding hydrogens is 545 g/mol. The summed E-state index contributed by atoms with van der Waals surface area (Å²) in [6.45, 7) is 0.339. The summed E-state index contributed by atoms with van der Waals surface area (Å²) in [6.07, 6.45) is 0.671. The summed E-state index contributed by atoms with van der Waals surface area (Å²) in [5.41, 5.74) is -2.66. The van der Waals surface area contributed by atoms with Gasteiger partial charge in [0.2, 0.25) is 0 Å². The van der Waals surface area contributed by atoms with Crippen LogP contribution in [0.3, 0.4) is 0 Å². The first-order valence-electron chi connectivity index (χ1n) is 13.5. The number of amides is 2. The van der Waals surface area contributed by atoms with Gasteiger partial charge in [-0.1, -0.05) is 29.8 Å². The smallest absolute Gasteiger partial charge is 0.430 e. The Hall–Kier alpha value is -2.78. The molecular formula is C30H36ClF3N2O4. The Labute approximate surface area is 238 Å². The van der Waals surface area contributed by atoms with E-state index in [9.17, 15) is 27.9 Å². The van der Waals surface area contributed by atoms with Crippen molar-refractivity contribution in [2.45, 2.75) is 56.7 Å². The number of benzene rings is 2. The molecule has 0 bridgehead atoms. The molecule has 1 N–H and O–H groups in total. The van der Waals surface area contributed by atoms with E-state index in [1.807, 2.05) is 12.1 Å². The number of alkyl halides is 3. The molecule has 218 valence electrons. The van der Waals surface area contributed by atoms with Crippen molar-refractivity contribution in [2.24, 2.45) is 11.3 Å². The third-order valence-electron chi connectivity index (χ3n) is 8.68. The molecule has 2 aromatic carbocycles. The summed E-state index contributed by atoms with van der Waals surface area (Å²) in [6, 6.07) is 10.5. The maximum Gasteiger partial charge on any atom is 0.430 e. The molecule has 4 rings (SSSR count). The van der Waals surface area contributed by atoms with Gasteiger partial charge in [0.05, 0.1) is 17.7 Å². The number of ether oxygens (including phenoxy) is 1. The molecule has 2 aromatic rings. The fourth-order valence-electron chi connectivity index (χ4n) is 6.10. The molecule has 2 amide bonds. The Kier molecular flexibility index (Phi) is 8.76. The number of carbonyl (C=O) groups excluding carboxylic acids is 2. The van der Waals surface area contributed by atoms with Crippen LogP contribution in [0.1, 0.15) is 60.0 Å². The molecule has 1 aliphatic heterocycles. The molecule has 0 radical (unpaired) electrons. The van der Waals surface area contributed by atoms with E-state index < -0.39 is 23.2 Å². The molecule has 0 aromatic heterocycles. The highest BCUT2D eigenvalue weighted by Crippen LogP contribution is 2.48. The van der Waals surface area contributed by atoms with Gasteiger partial charge < -0.3 is 19.6 Å². The van der Waals surface area contributed by atoms with Crippen LogP contribution in [-0.4, -0.2) is 67.2 Å². The summed E-state index contributed by atoms with van der Waals surface area (Å²) < 4.78 is 47.5. The molecule has 1 aliphatic carbocycles. The highest BCUT2D eigenvalue weighted by Gasteiger charge is 2.62. The molecule has 6 nitrogen and oxygen atoms in total. The number of hydrogen-bond acceptors (Lipinski definition) is 4. The number of methoxy groups -OCH3 is 1. The minimum Gasteiger partial charge on any atom is -0.497 e. The van der Waals surface area contributed by atoms with Gasteiger partial charge in [-0.3, -0.25) is 9.59 Å². The van der Waals surface area contributed by atoms with Gasteiger partial charge in [0, 0.05) is 32.7 Å². The first-order valence-corrected chi connectivity index (χ1v) is 13.9. The summed E-state index contributed by atoms with van der Waals surface area (Å²) in [4.78, 5) is 28.1. The number of rotatable bonds is 6. The van der Waals surface area contributed by atoms with Crippen LogP contribution in [0.4, 0.5) is 13.2 Å². The second-order valence-corrected chi connectivity index (χ2v) is 11.8. The average Bonchev–Trinajstić information content (AvgIpc) is 2.93. The average molecular weight is 581 g/mol. The van der Waals surface area contributed by atoms with Crippen LogP contribution >= 0.6 is 11.6 Å². The van der Waals surface area contributed by atoms with E-state index >= 15 is 0 Å². The molecule has 2 fully saturated rings. The van der Waals surface area contributed by atoms with Gasteiger partial charge in [0.1, 0.15) is 5.75 Å². The second kappa shape index (κ2) is 11.6. The summed E-state index contributed by atoms with van der Waals surface area (Å²) in [5, 5.41) is 11.3. The van der Waals surface area contributed by atoms with E-state index in [-0.39, 0.29) is 30.2 Å². The van der Waals surface area contributed by atoms with Gasteiger partial charge in [-0.05, 0) is 86.1 Å². The standard InChI is InChI=1S/C30H36ClF3N2O4/c1-35(2)26(37)24-8-7-21(18-25(24)31)17-20-9-11-28(12-10-20)13-15-36(16-14-28)27(38)29(39,30(32,33)34)22-5-4-6-23(19-22)40-3/h4-8,18-20,39H,9-17H2,1-3H3/t29-/m1/s1. The zero-order valence-electron chi connectivity index (χ0n) is 23.1. The fraction of sp³-hybridized carbons (Fsp3) is 0.533. The lowest BCUT2D eigenvalue weighted by atomic mass is 9.64. The minimum atomic E-state index is -5.19. The van der Waals surface area contributed by atoms with Crippen LogP contribution in [0.5, 0.6) is 5.75 Å². The number of piperidine rings is 1. The van der Waals surface area contributed by atoms with Crippen LogP contribution < -0.4 is 4.74 Å². The summed E-state index contributed by atoms with van der Waals surface area (Å²) >= 11 is 6.38. The lowest BCUT2D eigenvalue weighted by Gasteiger charge is -2.47. The number of aliphatic hydroxyl groups is 1. The number of likely N-dealkylation sites (tertiary alicyclic amines) is 1. The van der Waals surface area contributed by atoms with Gasteiger partial charge in [0.15, 0.2) is 0 Å². The van der Waals surface area contributed by atoms with Crippen molar-refractivity contribution in [3.63, 3.8) is 0 Å². The number of nitrogens with zero attached hydrogens (tertiary/aromatic N) is 2. The van der Waals surface area contributed by atoms with Crippen molar-refractivity contribution in [1.29, 1.82) is 0 Å².